The minimum Gasteiger partial charge on any atom is -0.326 e. The van der Waals surface area contributed by atoms with Crippen LogP contribution in [0.15, 0.2) is 53.0 Å². The van der Waals surface area contributed by atoms with Crippen LogP contribution in [-0.2, 0) is 11.2 Å². The summed E-state index contributed by atoms with van der Waals surface area (Å²) in [6, 6.07) is 15.7. The number of benzene rings is 2. The maximum atomic E-state index is 12.1. The van der Waals surface area contributed by atoms with Crippen molar-refractivity contribution in [3.8, 4) is 0 Å². The molecule has 1 unspecified atom stereocenters. The molecule has 2 aromatic rings. The highest BCUT2D eigenvalue weighted by Gasteiger charge is 2.31. The number of fused-ring (bicyclic) bond motifs is 1. The van der Waals surface area contributed by atoms with Crippen molar-refractivity contribution in [2.45, 2.75) is 12.3 Å². The zero-order chi connectivity index (χ0) is 12.5. The number of nitrogens with one attached hydrogen (secondary N) is 1. The van der Waals surface area contributed by atoms with Crippen molar-refractivity contribution in [3.63, 3.8) is 0 Å². The molecule has 1 aliphatic rings. The Morgan fingerprint density at radius 3 is 2.56 bits per heavy atom. The summed E-state index contributed by atoms with van der Waals surface area (Å²) in [5.41, 5.74) is 3.29. The van der Waals surface area contributed by atoms with E-state index in [-0.39, 0.29) is 11.8 Å². The van der Waals surface area contributed by atoms with Gasteiger partial charge in [0.05, 0.1) is 5.92 Å². The van der Waals surface area contributed by atoms with Gasteiger partial charge in [0.1, 0.15) is 0 Å². The van der Waals surface area contributed by atoms with E-state index in [0.29, 0.717) is 0 Å². The van der Waals surface area contributed by atoms with Gasteiger partial charge in [-0.15, -0.1) is 0 Å². The lowest BCUT2D eigenvalue weighted by Crippen LogP contribution is -2.30. The van der Waals surface area contributed by atoms with E-state index in [1.165, 1.54) is 5.56 Å². The predicted molar refractivity (Wildman–Crippen MR) is 75.7 cm³/mol. The van der Waals surface area contributed by atoms with Crippen molar-refractivity contribution in [1.29, 1.82) is 0 Å². The minimum atomic E-state index is 0.00449. The summed E-state index contributed by atoms with van der Waals surface area (Å²) in [6.45, 7) is 0. The molecule has 0 aliphatic heterocycles. The lowest BCUT2D eigenvalue weighted by Gasteiger charge is -2.28. The van der Waals surface area contributed by atoms with Crippen molar-refractivity contribution in [3.05, 3.63) is 64.1 Å². The molecule has 1 atom stereocenters. The molecule has 0 bridgehead atoms. The number of rotatable bonds is 2. The normalized spacial score (nSPS) is 16.6. The molecule has 90 valence electrons. The molecule has 1 N–H and O–H groups in total. The van der Waals surface area contributed by atoms with Gasteiger partial charge in [-0.2, -0.15) is 0 Å². The second-order valence-corrected chi connectivity index (χ2v) is 5.37. The molecule has 0 saturated carbocycles. The zero-order valence-electron chi connectivity index (χ0n) is 9.69. The van der Waals surface area contributed by atoms with Crippen LogP contribution in [0.1, 0.15) is 17.0 Å². The molecule has 18 heavy (non-hydrogen) atoms. The van der Waals surface area contributed by atoms with E-state index in [1.807, 2.05) is 42.5 Å². The SMILES string of the molecule is O=C(Nc1ccc(Br)cc1)C1Cc2ccccc21. The third-order valence-corrected chi connectivity index (χ3v) is 3.81. The Hall–Kier alpha value is -1.61. The summed E-state index contributed by atoms with van der Waals surface area (Å²) >= 11 is 3.37. The summed E-state index contributed by atoms with van der Waals surface area (Å²) in [5, 5.41) is 2.95. The van der Waals surface area contributed by atoms with Gasteiger partial charge < -0.3 is 5.32 Å². The monoisotopic (exact) mass is 301 g/mol. The molecule has 1 aliphatic carbocycles. The first kappa shape index (κ1) is 11.5. The van der Waals surface area contributed by atoms with Crippen LogP contribution >= 0.6 is 15.9 Å². The minimum absolute atomic E-state index is 0.00449. The molecule has 2 nitrogen and oxygen atoms in total. The van der Waals surface area contributed by atoms with Crippen molar-refractivity contribution in [2.75, 3.05) is 5.32 Å². The highest BCUT2D eigenvalue weighted by Crippen LogP contribution is 2.35. The van der Waals surface area contributed by atoms with E-state index in [0.717, 1.165) is 22.1 Å². The third-order valence-electron chi connectivity index (χ3n) is 3.28. The summed E-state index contributed by atoms with van der Waals surface area (Å²) in [6.07, 6.45) is 0.846. The van der Waals surface area contributed by atoms with Crippen LogP contribution in [0, 0.1) is 0 Å². The van der Waals surface area contributed by atoms with E-state index in [1.54, 1.807) is 0 Å². The van der Waals surface area contributed by atoms with Gasteiger partial charge in [-0.25, -0.2) is 0 Å². The van der Waals surface area contributed by atoms with Gasteiger partial charge in [0.15, 0.2) is 0 Å². The molecule has 2 aromatic carbocycles. The van der Waals surface area contributed by atoms with E-state index in [2.05, 4.69) is 27.3 Å². The van der Waals surface area contributed by atoms with Crippen molar-refractivity contribution in [1.82, 2.24) is 0 Å². The Morgan fingerprint density at radius 1 is 1.11 bits per heavy atom. The fourth-order valence-electron chi connectivity index (χ4n) is 2.26. The number of halogens is 1. The number of hydrogen-bond acceptors (Lipinski definition) is 1. The van der Waals surface area contributed by atoms with Gasteiger partial charge in [-0.3, -0.25) is 4.79 Å². The Morgan fingerprint density at radius 2 is 1.83 bits per heavy atom. The molecule has 3 rings (SSSR count). The lowest BCUT2D eigenvalue weighted by atomic mass is 9.77. The third kappa shape index (κ3) is 2.06. The second kappa shape index (κ2) is 4.58. The zero-order valence-corrected chi connectivity index (χ0v) is 11.3. The maximum absolute atomic E-state index is 12.1. The highest BCUT2D eigenvalue weighted by atomic mass is 79.9. The number of anilines is 1. The summed E-state index contributed by atoms with van der Waals surface area (Å²) in [4.78, 5) is 12.1. The van der Waals surface area contributed by atoms with Crippen LogP contribution in [-0.4, -0.2) is 5.91 Å². The molecule has 3 heteroatoms. The summed E-state index contributed by atoms with van der Waals surface area (Å²) < 4.78 is 1.01. The van der Waals surface area contributed by atoms with Gasteiger partial charge in [0, 0.05) is 10.2 Å². The van der Waals surface area contributed by atoms with E-state index >= 15 is 0 Å². The Balaban J connectivity index is 1.72. The van der Waals surface area contributed by atoms with Crippen LogP contribution in [0.5, 0.6) is 0 Å². The van der Waals surface area contributed by atoms with E-state index in [4.69, 9.17) is 0 Å². The maximum Gasteiger partial charge on any atom is 0.232 e. The first-order chi connectivity index (χ1) is 8.74. The second-order valence-electron chi connectivity index (χ2n) is 4.45. The number of amides is 1. The fourth-order valence-corrected chi connectivity index (χ4v) is 2.52. The molecular weight excluding hydrogens is 290 g/mol. The highest BCUT2D eigenvalue weighted by molar-refractivity contribution is 9.10. The molecule has 0 fully saturated rings. The van der Waals surface area contributed by atoms with Crippen LogP contribution in [0.3, 0.4) is 0 Å². The van der Waals surface area contributed by atoms with Crippen molar-refractivity contribution >= 4 is 27.5 Å². The van der Waals surface area contributed by atoms with Crippen molar-refractivity contribution < 1.29 is 4.79 Å². The largest absolute Gasteiger partial charge is 0.326 e. The average molecular weight is 302 g/mol. The smallest absolute Gasteiger partial charge is 0.232 e. The van der Waals surface area contributed by atoms with Crippen LogP contribution in [0.2, 0.25) is 0 Å². The van der Waals surface area contributed by atoms with Gasteiger partial charge >= 0.3 is 0 Å². The summed E-state index contributed by atoms with van der Waals surface area (Å²) in [5.74, 6) is 0.0841. The number of carbonyl (C=O) groups is 1. The number of carbonyl (C=O) groups excluding carboxylic acids is 1. The Labute approximate surface area is 114 Å². The molecule has 0 heterocycles. The first-order valence-electron chi connectivity index (χ1n) is 5.88. The molecule has 0 radical (unpaired) electrons. The van der Waals surface area contributed by atoms with Gasteiger partial charge in [0.2, 0.25) is 5.91 Å². The van der Waals surface area contributed by atoms with Crippen molar-refractivity contribution in [2.24, 2.45) is 0 Å². The molecule has 0 spiro atoms. The van der Waals surface area contributed by atoms with Gasteiger partial charge in [-0.05, 0) is 41.8 Å². The Kier molecular flexibility index (Phi) is 2.92. The summed E-state index contributed by atoms with van der Waals surface area (Å²) in [7, 11) is 0. The quantitative estimate of drug-likeness (QED) is 0.900. The fraction of sp³-hybridized carbons (Fsp3) is 0.133. The number of hydrogen-bond donors (Lipinski definition) is 1. The molecular formula is C15H12BrNO. The van der Waals surface area contributed by atoms with E-state index in [9.17, 15) is 4.79 Å². The molecule has 0 saturated heterocycles. The first-order valence-corrected chi connectivity index (χ1v) is 6.67. The standard InChI is InChI=1S/C15H12BrNO/c16-11-5-7-12(8-6-11)17-15(18)14-9-10-3-1-2-4-13(10)14/h1-8,14H,9H2,(H,17,18). The van der Waals surface area contributed by atoms with Gasteiger partial charge in [-0.1, -0.05) is 40.2 Å². The molecule has 1 amide bonds. The topological polar surface area (TPSA) is 29.1 Å². The van der Waals surface area contributed by atoms with Crippen LogP contribution in [0.25, 0.3) is 0 Å². The lowest BCUT2D eigenvalue weighted by molar-refractivity contribution is -0.118. The van der Waals surface area contributed by atoms with Gasteiger partial charge in [0.25, 0.3) is 0 Å². The van der Waals surface area contributed by atoms with Crippen LogP contribution < -0.4 is 5.32 Å². The van der Waals surface area contributed by atoms with Crippen LogP contribution in [0.4, 0.5) is 5.69 Å². The van der Waals surface area contributed by atoms with E-state index < -0.39 is 0 Å². The Bertz CT molecular complexity index is 592. The molecule has 0 aromatic heterocycles. The average Bonchev–Trinajstić information content (AvgIpc) is 2.34. The predicted octanol–water partition coefficient (Wildman–Crippen LogP) is 3.73.